The van der Waals surface area contributed by atoms with Crippen LogP contribution in [-0.2, 0) is 19.0 Å². The van der Waals surface area contributed by atoms with Crippen LogP contribution in [0, 0.1) is 11.3 Å². The van der Waals surface area contributed by atoms with Gasteiger partial charge in [-0.3, -0.25) is 4.79 Å². The van der Waals surface area contributed by atoms with E-state index < -0.39 is 11.7 Å². The first-order valence-corrected chi connectivity index (χ1v) is 7.00. The molecule has 3 atom stereocenters. The van der Waals surface area contributed by atoms with Gasteiger partial charge in [-0.1, -0.05) is 26.5 Å². The van der Waals surface area contributed by atoms with Crippen molar-refractivity contribution in [3.63, 3.8) is 0 Å². The zero-order chi connectivity index (χ0) is 14.1. The summed E-state index contributed by atoms with van der Waals surface area (Å²) in [5.74, 6) is -1.48. The zero-order valence-electron chi connectivity index (χ0n) is 12.1. The molecule has 0 N–H and O–H groups in total. The molecule has 0 aliphatic carbocycles. The van der Waals surface area contributed by atoms with E-state index >= 15 is 0 Å². The molecule has 108 valence electrons. The molecule has 0 aromatic heterocycles. The number of carbonyl (C=O) groups excluding carboxylic acids is 1. The predicted octanol–water partition coefficient (Wildman–Crippen LogP) is 2.67. The van der Waals surface area contributed by atoms with Gasteiger partial charge in [-0.2, -0.15) is 0 Å². The molecule has 1 unspecified atom stereocenters. The van der Waals surface area contributed by atoms with E-state index in [4.69, 9.17) is 14.2 Å². The molecule has 2 heterocycles. The standard InChI is InChI=1S/C15H24O4/c1-5-9-17-13(16)11(2)15-8-6-7-12(19-15)14(3,4)10-18-15/h5,11-12H,1,6-10H2,2-4H3/t11?,12-,15-/m0/s1. The molecule has 0 saturated carbocycles. The highest BCUT2D eigenvalue weighted by molar-refractivity contribution is 5.73. The third-order valence-corrected chi connectivity index (χ3v) is 4.25. The highest BCUT2D eigenvalue weighted by Gasteiger charge is 2.54. The lowest BCUT2D eigenvalue weighted by molar-refractivity contribution is -0.362. The molecular weight excluding hydrogens is 244 g/mol. The number of hydrogen-bond donors (Lipinski definition) is 0. The van der Waals surface area contributed by atoms with E-state index in [2.05, 4.69) is 20.4 Å². The van der Waals surface area contributed by atoms with Gasteiger partial charge in [0.25, 0.3) is 0 Å². The summed E-state index contributed by atoms with van der Waals surface area (Å²) in [6.45, 7) is 10.5. The number of carbonyl (C=O) groups is 1. The quantitative estimate of drug-likeness (QED) is 0.581. The fourth-order valence-corrected chi connectivity index (χ4v) is 2.84. The van der Waals surface area contributed by atoms with Crippen LogP contribution >= 0.6 is 0 Å². The first kappa shape index (κ1) is 14.5. The molecule has 2 fully saturated rings. The summed E-state index contributed by atoms with van der Waals surface area (Å²) < 4.78 is 17.2. The summed E-state index contributed by atoms with van der Waals surface area (Å²) in [4.78, 5) is 12.0. The second-order valence-electron chi connectivity index (χ2n) is 6.23. The normalized spacial score (nSPS) is 34.4. The van der Waals surface area contributed by atoms with Crippen LogP contribution < -0.4 is 0 Å². The maximum atomic E-state index is 12.0. The summed E-state index contributed by atoms with van der Waals surface area (Å²) in [6.07, 6.45) is 4.53. The van der Waals surface area contributed by atoms with Gasteiger partial charge in [0.1, 0.15) is 12.5 Å². The van der Waals surface area contributed by atoms with Crippen LogP contribution in [0.4, 0.5) is 0 Å². The molecular formula is C15H24O4. The summed E-state index contributed by atoms with van der Waals surface area (Å²) in [6, 6.07) is 0. The van der Waals surface area contributed by atoms with Gasteiger partial charge in [0.15, 0.2) is 5.79 Å². The third kappa shape index (κ3) is 2.70. The lowest BCUT2D eigenvalue weighted by Gasteiger charge is -2.53. The summed E-state index contributed by atoms with van der Waals surface area (Å²) >= 11 is 0. The van der Waals surface area contributed by atoms with Crippen molar-refractivity contribution in [2.75, 3.05) is 13.2 Å². The number of hydrogen-bond acceptors (Lipinski definition) is 4. The Morgan fingerprint density at radius 1 is 1.58 bits per heavy atom. The molecule has 2 aliphatic heterocycles. The lowest BCUT2D eigenvalue weighted by Crippen LogP contribution is -2.59. The highest BCUT2D eigenvalue weighted by Crippen LogP contribution is 2.46. The average Bonchev–Trinajstić information content (AvgIpc) is 2.41. The van der Waals surface area contributed by atoms with Crippen LogP contribution in [0.15, 0.2) is 12.7 Å². The smallest absolute Gasteiger partial charge is 0.314 e. The van der Waals surface area contributed by atoms with Gasteiger partial charge in [0, 0.05) is 11.8 Å². The van der Waals surface area contributed by atoms with Crippen molar-refractivity contribution in [2.24, 2.45) is 11.3 Å². The van der Waals surface area contributed by atoms with E-state index in [0.717, 1.165) is 19.3 Å². The molecule has 2 aliphatic rings. The number of ether oxygens (including phenoxy) is 3. The summed E-state index contributed by atoms with van der Waals surface area (Å²) in [7, 11) is 0. The second kappa shape index (κ2) is 5.25. The Hall–Kier alpha value is -0.870. The maximum Gasteiger partial charge on any atom is 0.314 e. The molecule has 0 aromatic rings. The Labute approximate surface area is 115 Å². The Kier molecular flexibility index (Phi) is 4.02. The minimum absolute atomic E-state index is 0.00859. The van der Waals surface area contributed by atoms with E-state index in [-0.39, 0.29) is 24.1 Å². The topological polar surface area (TPSA) is 44.8 Å². The van der Waals surface area contributed by atoms with Gasteiger partial charge >= 0.3 is 5.97 Å². The van der Waals surface area contributed by atoms with Gasteiger partial charge in [-0.15, -0.1) is 0 Å². The van der Waals surface area contributed by atoms with Crippen molar-refractivity contribution < 1.29 is 19.0 Å². The Morgan fingerprint density at radius 3 is 3.00 bits per heavy atom. The van der Waals surface area contributed by atoms with Crippen LogP contribution in [0.5, 0.6) is 0 Å². The fourth-order valence-electron chi connectivity index (χ4n) is 2.84. The Balaban J connectivity index is 2.10. The molecule has 0 aromatic carbocycles. The zero-order valence-corrected chi connectivity index (χ0v) is 12.1. The largest absolute Gasteiger partial charge is 0.461 e. The SMILES string of the molecule is C=CCOC(=O)C(C)[C@]12CCC[C@H](O1)C(C)(C)CO2. The lowest BCUT2D eigenvalue weighted by atomic mass is 9.78. The van der Waals surface area contributed by atoms with Crippen molar-refractivity contribution in [3.05, 3.63) is 12.7 Å². The first-order chi connectivity index (χ1) is 8.91. The van der Waals surface area contributed by atoms with Gasteiger partial charge < -0.3 is 14.2 Å². The van der Waals surface area contributed by atoms with Crippen LogP contribution in [0.25, 0.3) is 0 Å². The van der Waals surface area contributed by atoms with Crippen molar-refractivity contribution in [3.8, 4) is 0 Å². The minimum Gasteiger partial charge on any atom is -0.461 e. The monoisotopic (exact) mass is 268 g/mol. The van der Waals surface area contributed by atoms with Crippen LogP contribution in [0.1, 0.15) is 40.0 Å². The van der Waals surface area contributed by atoms with Gasteiger partial charge in [-0.05, 0) is 19.8 Å². The van der Waals surface area contributed by atoms with E-state index in [1.54, 1.807) is 6.08 Å². The fraction of sp³-hybridized carbons (Fsp3) is 0.800. The van der Waals surface area contributed by atoms with Crippen molar-refractivity contribution in [1.29, 1.82) is 0 Å². The van der Waals surface area contributed by atoms with Gasteiger partial charge in [0.05, 0.1) is 12.7 Å². The number of fused-ring (bicyclic) bond motifs is 2. The summed E-state index contributed by atoms with van der Waals surface area (Å²) in [5.41, 5.74) is 0.00859. The van der Waals surface area contributed by atoms with Gasteiger partial charge in [-0.25, -0.2) is 0 Å². The minimum atomic E-state index is -0.795. The molecule has 0 radical (unpaired) electrons. The third-order valence-electron chi connectivity index (χ3n) is 4.25. The molecule has 2 rings (SSSR count). The Morgan fingerprint density at radius 2 is 2.32 bits per heavy atom. The average molecular weight is 268 g/mol. The molecule has 2 saturated heterocycles. The van der Waals surface area contributed by atoms with Crippen molar-refractivity contribution in [2.45, 2.75) is 51.9 Å². The van der Waals surface area contributed by atoms with E-state index in [9.17, 15) is 4.79 Å². The maximum absolute atomic E-state index is 12.0. The predicted molar refractivity (Wildman–Crippen MR) is 71.5 cm³/mol. The molecule has 19 heavy (non-hydrogen) atoms. The molecule has 0 spiro atoms. The van der Waals surface area contributed by atoms with Crippen molar-refractivity contribution >= 4 is 5.97 Å². The van der Waals surface area contributed by atoms with Crippen LogP contribution in [0.3, 0.4) is 0 Å². The van der Waals surface area contributed by atoms with Crippen LogP contribution in [0.2, 0.25) is 0 Å². The first-order valence-electron chi connectivity index (χ1n) is 7.00. The van der Waals surface area contributed by atoms with E-state index in [1.807, 2.05) is 6.92 Å². The molecule has 2 bridgehead atoms. The van der Waals surface area contributed by atoms with Crippen molar-refractivity contribution in [1.82, 2.24) is 0 Å². The number of rotatable bonds is 4. The number of esters is 1. The highest BCUT2D eigenvalue weighted by atomic mass is 16.7. The van der Waals surface area contributed by atoms with Gasteiger partial charge in [0.2, 0.25) is 0 Å². The molecule has 4 nitrogen and oxygen atoms in total. The van der Waals surface area contributed by atoms with E-state index in [1.165, 1.54) is 0 Å². The second-order valence-corrected chi connectivity index (χ2v) is 6.23. The molecule has 0 amide bonds. The summed E-state index contributed by atoms with van der Waals surface area (Å²) in [5, 5.41) is 0. The Bertz CT molecular complexity index is 363. The van der Waals surface area contributed by atoms with E-state index in [0.29, 0.717) is 6.61 Å². The van der Waals surface area contributed by atoms with Crippen LogP contribution in [-0.4, -0.2) is 31.1 Å². The molecule has 4 heteroatoms.